The molecule has 0 saturated heterocycles. The summed E-state index contributed by atoms with van der Waals surface area (Å²) in [7, 11) is 1.68. The van der Waals surface area contributed by atoms with Crippen molar-refractivity contribution < 1.29 is 9.53 Å². The molecule has 0 heterocycles. The third-order valence-corrected chi connectivity index (χ3v) is 2.46. The van der Waals surface area contributed by atoms with Crippen molar-refractivity contribution in [1.29, 1.82) is 0 Å². The van der Waals surface area contributed by atoms with Crippen LogP contribution in [0.25, 0.3) is 0 Å². The van der Waals surface area contributed by atoms with E-state index in [2.05, 4.69) is 13.8 Å². The van der Waals surface area contributed by atoms with Gasteiger partial charge in [-0.3, -0.25) is 4.79 Å². The summed E-state index contributed by atoms with van der Waals surface area (Å²) in [6.07, 6.45) is 0. The van der Waals surface area contributed by atoms with Gasteiger partial charge in [-0.2, -0.15) is 0 Å². The smallest absolute Gasteiger partial charge is 0.248 e. The molecule has 0 aliphatic rings. The molecule has 1 amide bonds. The molecule has 1 rings (SSSR count). The number of ether oxygens (including phenoxy) is 1. The molecule has 82 valence electrons. The van der Waals surface area contributed by atoms with Gasteiger partial charge in [-0.05, 0) is 17.7 Å². The number of benzene rings is 1. The number of amides is 1. The van der Waals surface area contributed by atoms with Crippen LogP contribution < -0.4 is 5.73 Å². The zero-order chi connectivity index (χ0) is 11.5. The van der Waals surface area contributed by atoms with Crippen molar-refractivity contribution in [1.82, 2.24) is 0 Å². The largest absolute Gasteiger partial charge is 0.384 e. The van der Waals surface area contributed by atoms with Crippen LogP contribution in [0.4, 0.5) is 0 Å². The van der Waals surface area contributed by atoms with E-state index in [9.17, 15) is 4.79 Å². The monoisotopic (exact) mass is 207 g/mol. The minimum atomic E-state index is -0.397. The average molecular weight is 207 g/mol. The molecule has 0 aromatic heterocycles. The van der Waals surface area contributed by atoms with Crippen molar-refractivity contribution in [2.75, 3.05) is 13.7 Å². The number of carbonyl (C=O) groups excluding carboxylic acids is 1. The molecular formula is C12H17NO2. The molecule has 1 aromatic rings. The molecule has 0 bridgehead atoms. The first kappa shape index (κ1) is 11.7. The highest BCUT2D eigenvalue weighted by atomic mass is 16.5. The molecule has 0 aliphatic carbocycles. The maximum Gasteiger partial charge on any atom is 0.248 e. The highest BCUT2D eigenvalue weighted by Gasteiger charge is 2.20. The fourth-order valence-electron chi connectivity index (χ4n) is 1.53. The van der Waals surface area contributed by atoms with E-state index < -0.39 is 5.91 Å². The van der Waals surface area contributed by atoms with Crippen LogP contribution in [0.3, 0.4) is 0 Å². The number of nitrogens with two attached hydrogens (primary N) is 1. The van der Waals surface area contributed by atoms with Gasteiger partial charge >= 0.3 is 0 Å². The Bertz CT molecular complexity index is 341. The van der Waals surface area contributed by atoms with Gasteiger partial charge < -0.3 is 10.5 Å². The molecule has 15 heavy (non-hydrogen) atoms. The number of methoxy groups -OCH3 is 1. The quantitative estimate of drug-likeness (QED) is 0.817. The normalized spacial score (nSPS) is 11.4. The van der Waals surface area contributed by atoms with Crippen LogP contribution in [-0.2, 0) is 10.2 Å². The first-order chi connectivity index (χ1) is 6.97. The van der Waals surface area contributed by atoms with E-state index >= 15 is 0 Å². The van der Waals surface area contributed by atoms with Gasteiger partial charge in [0.2, 0.25) is 5.91 Å². The first-order valence-electron chi connectivity index (χ1n) is 4.86. The predicted octanol–water partition coefficient (Wildman–Crippen LogP) is 1.71. The van der Waals surface area contributed by atoms with Gasteiger partial charge in [-0.1, -0.05) is 26.0 Å². The van der Waals surface area contributed by atoms with E-state index in [0.29, 0.717) is 12.2 Å². The van der Waals surface area contributed by atoms with E-state index in [1.54, 1.807) is 19.2 Å². The van der Waals surface area contributed by atoms with Gasteiger partial charge in [0.1, 0.15) is 0 Å². The molecule has 0 aliphatic heterocycles. The topological polar surface area (TPSA) is 52.3 Å². The third-order valence-electron chi connectivity index (χ3n) is 2.46. The third kappa shape index (κ3) is 2.80. The summed E-state index contributed by atoms with van der Waals surface area (Å²) in [6, 6.07) is 7.32. The van der Waals surface area contributed by atoms with Crippen molar-refractivity contribution >= 4 is 5.91 Å². The summed E-state index contributed by atoms with van der Waals surface area (Å²) in [5.41, 5.74) is 6.79. The van der Waals surface area contributed by atoms with Gasteiger partial charge in [-0.25, -0.2) is 0 Å². The van der Waals surface area contributed by atoms with Gasteiger partial charge in [0, 0.05) is 18.1 Å². The fraction of sp³-hybridized carbons (Fsp3) is 0.417. The summed E-state index contributed by atoms with van der Waals surface area (Å²) in [5.74, 6) is -0.397. The van der Waals surface area contributed by atoms with Crippen molar-refractivity contribution in [3.05, 3.63) is 35.4 Å². The molecular weight excluding hydrogens is 190 g/mol. The molecule has 2 N–H and O–H groups in total. The minimum absolute atomic E-state index is 0.0507. The molecule has 0 unspecified atom stereocenters. The fourth-order valence-corrected chi connectivity index (χ4v) is 1.53. The van der Waals surface area contributed by atoms with Gasteiger partial charge in [0.15, 0.2) is 0 Å². The van der Waals surface area contributed by atoms with E-state index in [-0.39, 0.29) is 5.41 Å². The van der Waals surface area contributed by atoms with E-state index in [4.69, 9.17) is 10.5 Å². The summed E-state index contributed by atoms with van der Waals surface area (Å²) in [5, 5.41) is 0. The zero-order valence-electron chi connectivity index (χ0n) is 9.41. The highest BCUT2D eigenvalue weighted by Crippen LogP contribution is 2.23. The summed E-state index contributed by atoms with van der Waals surface area (Å²) < 4.78 is 5.15. The number of hydrogen-bond donors (Lipinski definition) is 1. The second-order valence-electron chi connectivity index (χ2n) is 4.26. The second kappa shape index (κ2) is 4.45. The maximum atomic E-state index is 10.9. The van der Waals surface area contributed by atoms with Crippen molar-refractivity contribution in [3.63, 3.8) is 0 Å². The van der Waals surface area contributed by atoms with E-state index in [1.807, 2.05) is 12.1 Å². The summed E-state index contributed by atoms with van der Waals surface area (Å²) >= 11 is 0. The lowest BCUT2D eigenvalue weighted by Gasteiger charge is -2.24. The second-order valence-corrected chi connectivity index (χ2v) is 4.26. The van der Waals surface area contributed by atoms with E-state index in [0.717, 1.165) is 5.56 Å². The Hall–Kier alpha value is -1.35. The summed E-state index contributed by atoms with van der Waals surface area (Å²) in [4.78, 5) is 10.9. The number of rotatable bonds is 4. The Morgan fingerprint density at radius 1 is 1.33 bits per heavy atom. The van der Waals surface area contributed by atoms with Gasteiger partial charge in [0.05, 0.1) is 6.61 Å². The van der Waals surface area contributed by atoms with Crippen molar-refractivity contribution in [2.24, 2.45) is 5.73 Å². The lowest BCUT2D eigenvalue weighted by atomic mass is 9.85. The minimum Gasteiger partial charge on any atom is -0.384 e. The lowest BCUT2D eigenvalue weighted by Crippen LogP contribution is -2.23. The van der Waals surface area contributed by atoms with Crippen molar-refractivity contribution in [3.8, 4) is 0 Å². The van der Waals surface area contributed by atoms with Crippen LogP contribution in [0.5, 0.6) is 0 Å². The van der Waals surface area contributed by atoms with Crippen LogP contribution >= 0.6 is 0 Å². The van der Waals surface area contributed by atoms with Crippen LogP contribution in [0.1, 0.15) is 29.8 Å². The predicted molar refractivity (Wildman–Crippen MR) is 59.9 cm³/mol. The first-order valence-corrected chi connectivity index (χ1v) is 4.86. The molecule has 0 saturated carbocycles. The molecule has 0 fully saturated rings. The highest BCUT2D eigenvalue weighted by molar-refractivity contribution is 5.92. The lowest BCUT2D eigenvalue weighted by molar-refractivity contribution is 0.1000. The Morgan fingerprint density at radius 3 is 2.27 bits per heavy atom. The molecule has 1 aromatic carbocycles. The standard InChI is InChI=1S/C12H17NO2/c1-12(2,8-15-3)10-6-4-9(5-7-10)11(13)14/h4-7H,8H2,1-3H3,(H2,13,14). The van der Waals surface area contributed by atoms with Crippen LogP contribution in [0, 0.1) is 0 Å². The zero-order valence-corrected chi connectivity index (χ0v) is 9.41. The molecule has 3 nitrogen and oxygen atoms in total. The SMILES string of the molecule is COCC(C)(C)c1ccc(C(N)=O)cc1. The van der Waals surface area contributed by atoms with Crippen molar-refractivity contribution in [2.45, 2.75) is 19.3 Å². The Kier molecular flexibility index (Phi) is 3.48. The number of carbonyl (C=O) groups is 1. The van der Waals surface area contributed by atoms with Gasteiger partial charge in [-0.15, -0.1) is 0 Å². The Labute approximate surface area is 90.2 Å². The maximum absolute atomic E-state index is 10.9. The summed E-state index contributed by atoms with van der Waals surface area (Å²) in [6.45, 7) is 4.83. The molecule has 0 radical (unpaired) electrons. The Morgan fingerprint density at radius 2 is 1.87 bits per heavy atom. The van der Waals surface area contributed by atoms with Crippen LogP contribution in [-0.4, -0.2) is 19.6 Å². The molecule has 3 heteroatoms. The average Bonchev–Trinajstić information content (AvgIpc) is 2.18. The Balaban J connectivity index is 2.93. The number of hydrogen-bond acceptors (Lipinski definition) is 2. The molecule has 0 spiro atoms. The molecule has 0 atom stereocenters. The van der Waals surface area contributed by atoms with Crippen LogP contribution in [0.15, 0.2) is 24.3 Å². The number of primary amides is 1. The van der Waals surface area contributed by atoms with E-state index in [1.165, 1.54) is 0 Å². The van der Waals surface area contributed by atoms with Gasteiger partial charge in [0.25, 0.3) is 0 Å². The van der Waals surface area contributed by atoms with Crippen LogP contribution in [0.2, 0.25) is 0 Å².